The number of anilines is 2. The van der Waals surface area contributed by atoms with Crippen LogP contribution in [0.4, 0.5) is 33.6 Å². The molecule has 2 aliphatic carbocycles. The van der Waals surface area contributed by atoms with Gasteiger partial charge in [-0.05, 0) is 49.4 Å². The predicted molar refractivity (Wildman–Crippen MR) is 148 cm³/mol. The van der Waals surface area contributed by atoms with Crippen molar-refractivity contribution in [3.63, 3.8) is 0 Å². The van der Waals surface area contributed by atoms with Crippen molar-refractivity contribution in [2.24, 2.45) is 12.5 Å². The summed E-state index contributed by atoms with van der Waals surface area (Å²) in [4.78, 5) is 34.1. The Bertz CT molecular complexity index is 1610. The van der Waals surface area contributed by atoms with E-state index in [0.717, 1.165) is 38.2 Å². The van der Waals surface area contributed by atoms with Crippen LogP contribution in [0, 0.1) is 16.7 Å². The lowest BCUT2D eigenvalue weighted by atomic mass is 9.95. The fraction of sp³-hybridized carbons (Fsp3) is 0.483. The maximum atomic E-state index is 13.9. The molecule has 3 aromatic rings. The van der Waals surface area contributed by atoms with Gasteiger partial charge in [0.15, 0.2) is 12.3 Å². The predicted octanol–water partition coefficient (Wildman–Crippen LogP) is 5.36. The molecule has 3 N–H and O–H groups in total. The highest BCUT2D eigenvalue weighted by Crippen LogP contribution is 2.45. The molecule has 2 heterocycles. The van der Waals surface area contributed by atoms with Gasteiger partial charge in [0.05, 0.1) is 17.3 Å². The second-order valence-electron chi connectivity index (χ2n) is 11.1. The molecule has 15 heteroatoms. The van der Waals surface area contributed by atoms with Crippen LogP contribution in [0.25, 0.3) is 11.2 Å². The van der Waals surface area contributed by atoms with Gasteiger partial charge in [-0.1, -0.05) is 25.3 Å². The summed E-state index contributed by atoms with van der Waals surface area (Å²) in [5.74, 6) is -1.48. The molecule has 2 fully saturated rings. The number of aromatic nitrogens is 3. The zero-order valence-electron chi connectivity index (χ0n) is 23.7. The number of nitrogens with zero attached hydrogens (tertiary/aromatic N) is 4. The first kappa shape index (κ1) is 31.0. The molecule has 0 spiro atoms. The maximum absolute atomic E-state index is 13.9. The largest absolute Gasteiger partial charge is 0.471 e. The first-order valence-corrected chi connectivity index (χ1v) is 14.2. The van der Waals surface area contributed by atoms with Crippen LogP contribution < -0.4 is 20.7 Å². The van der Waals surface area contributed by atoms with Gasteiger partial charge in [0.25, 0.3) is 12.3 Å². The van der Waals surface area contributed by atoms with Gasteiger partial charge in [-0.2, -0.15) is 23.4 Å². The average molecular weight is 620 g/mol. The van der Waals surface area contributed by atoms with Crippen LogP contribution in [-0.4, -0.2) is 45.4 Å². The molecule has 0 radical (unpaired) electrons. The molecule has 2 aromatic heterocycles. The van der Waals surface area contributed by atoms with Crippen molar-refractivity contribution in [3.05, 3.63) is 41.0 Å². The first-order valence-electron chi connectivity index (χ1n) is 14.2. The van der Waals surface area contributed by atoms with E-state index in [9.17, 15) is 36.8 Å². The Kier molecular flexibility index (Phi) is 8.62. The smallest absolute Gasteiger partial charge is 0.418 e. The Morgan fingerprint density at radius 2 is 1.89 bits per heavy atom. The molecule has 44 heavy (non-hydrogen) atoms. The number of imidazole rings is 1. The van der Waals surface area contributed by atoms with Gasteiger partial charge in [0.1, 0.15) is 16.5 Å². The Morgan fingerprint density at radius 3 is 2.52 bits per heavy atom. The van der Waals surface area contributed by atoms with E-state index < -0.39 is 42.0 Å². The number of halogens is 5. The van der Waals surface area contributed by atoms with Crippen molar-refractivity contribution in [2.75, 3.05) is 11.9 Å². The standard InChI is InChI=1S/C29H30F5N7O3/c1-41-23-21(12-18(25(40-23)44-14-22(30)31)24(42)37-17-5-3-2-4-6-17)39-27(41)38-20-11-16(7-8-19(20)29(32,33)34)13-36-26(43)28(15-35)9-10-28/h7-8,11-12,17,22H,2-6,9-10,13-14H2,1H3,(H,36,43)(H,37,42)(H,38,39). The second kappa shape index (κ2) is 12.3. The van der Waals surface area contributed by atoms with Crippen molar-refractivity contribution in [2.45, 2.75) is 70.1 Å². The molecule has 2 amide bonds. The zero-order chi connectivity index (χ0) is 31.6. The monoisotopic (exact) mass is 619 g/mol. The lowest BCUT2D eigenvalue weighted by molar-refractivity contribution is -0.137. The highest BCUT2D eigenvalue weighted by atomic mass is 19.4. The Hall–Kier alpha value is -4.48. The number of fused-ring (bicyclic) bond motifs is 1. The third-order valence-electron chi connectivity index (χ3n) is 7.83. The lowest BCUT2D eigenvalue weighted by Gasteiger charge is -2.23. The molecular formula is C29H30F5N7O3. The summed E-state index contributed by atoms with van der Waals surface area (Å²) in [5.41, 5.74) is -2.04. The number of hydrogen-bond donors (Lipinski definition) is 3. The van der Waals surface area contributed by atoms with E-state index in [2.05, 4.69) is 25.9 Å². The number of hydrogen-bond acceptors (Lipinski definition) is 7. The minimum absolute atomic E-state index is 0.0780. The van der Waals surface area contributed by atoms with Crippen molar-refractivity contribution in [1.82, 2.24) is 25.2 Å². The second-order valence-corrected chi connectivity index (χ2v) is 11.1. The van der Waals surface area contributed by atoms with Gasteiger partial charge < -0.3 is 20.7 Å². The Labute approximate surface area is 249 Å². The van der Waals surface area contributed by atoms with Crippen LogP contribution in [0.15, 0.2) is 24.3 Å². The molecular weight excluding hydrogens is 589 g/mol. The minimum Gasteiger partial charge on any atom is -0.471 e. The quantitative estimate of drug-likeness (QED) is 0.260. The Morgan fingerprint density at radius 1 is 1.16 bits per heavy atom. The number of rotatable bonds is 10. The van der Waals surface area contributed by atoms with E-state index >= 15 is 0 Å². The molecule has 0 aliphatic heterocycles. The first-order chi connectivity index (χ1) is 20.9. The molecule has 0 atom stereocenters. The number of amides is 2. The molecule has 2 aliphatic rings. The zero-order valence-corrected chi connectivity index (χ0v) is 23.7. The normalized spacial score (nSPS) is 16.4. The van der Waals surface area contributed by atoms with E-state index in [1.54, 1.807) is 0 Å². The third-order valence-corrected chi connectivity index (χ3v) is 7.83. The van der Waals surface area contributed by atoms with E-state index in [1.165, 1.54) is 29.8 Å². The fourth-order valence-electron chi connectivity index (χ4n) is 5.17. The topological polar surface area (TPSA) is 134 Å². The fourth-order valence-corrected chi connectivity index (χ4v) is 5.17. The highest BCUT2D eigenvalue weighted by molar-refractivity contribution is 5.99. The van der Waals surface area contributed by atoms with E-state index in [-0.39, 0.29) is 46.8 Å². The Balaban J connectivity index is 1.45. The summed E-state index contributed by atoms with van der Waals surface area (Å²) in [5, 5.41) is 17.4. The number of nitriles is 1. The number of aryl methyl sites for hydroxylation is 1. The number of alkyl halides is 5. The van der Waals surface area contributed by atoms with Gasteiger partial charge in [0, 0.05) is 19.6 Å². The summed E-state index contributed by atoms with van der Waals surface area (Å²) in [6, 6.07) is 6.49. The van der Waals surface area contributed by atoms with Crippen LogP contribution in [0.1, 0.15) is 66.4 Å². The summed E-state index contributed by atoms with van der Waals surface area (Å²) >= 11 is 0. The van der Waals surface area contributed by atoms with Crippen molar-refractivity contribution >= 4 is 34.6 Å². The van der Waals surface area contributed by atoms with Crippen molar-refractivity contribution in [1.29, 1.82) is 5.26 Å². The molecule has 5 rings (SSSR count). The van der Waals surface area contributed by atoms with E-state index in [4.69, 9.17) is 4.74 Å². The summed E-state index contributed by atoms with van der Waals surface area (Å²) < 4.78 is 74.3. The molecule has 0 unspecified atom stereocenters. The molecule has 2 saturated carbocycles. The summed E-state index contributed by atoms with van der Waals surface area (Å²) in [6.07, 6.45) is -2.23. The third kappa shape index (κ3) is 6.68. The number of pyridine rings is 1. The van der Waals surface area contributed by atoms with Gasteiger partial charge in [-0.3, -0.25) is 14.2 Å². The molecule has 0 saturated heterocycles. The van der Waals surface area contributed by atoms with Crippen LogP contribution in [0.3, 0.4) is 0 Å². The van der Waals surface area contributed by atoms with Crippen LogP contribution >= 0.6 is 0 Å². The number of ether oxygens (including phenoxy) is 1. The van der Waals surface area contributed by atoms with Crippen LogP contribution in [-0.2, 0) is 24.6 Å². The van der Waals surface area contributed by atoms with Gasteiger partial charge >= 0.3 is 6.18 Å². The average Bonchev–Trinajstić information content (AvgIpc) is 3.74. The van der Waals surface area contributed by atoms with Gasteiger partial charge in [0.2, 0.25) is 17.7 Å². The van der Waals surface area contributed by atoms with Crippen molar-refractivity contribution < 1.29 is 36.3 Å². The molecule has 234 valence electrons. The molecule has 0 bridgehead atoms. The number of benzene rings is 1. The van der Waals surface area contributed by atoms with Crippen molar-refractivity contribution in [3.8, 4) is 11.9 Å². The highest BCUT2D eigenvalue weighted by Gasteiger charge is 2.50. The maximum Gasteiger partial charge on any atom is 0.418 e. The van der Waals surface area contributed by atoms with Crippen LogP contribution in [0.2, 0.25) is 0 Å². The minimum atomic E-state index is -4.74. The molecule has 10 nitrogen and oxygen atoms in total. The van der Waals surface area contributed by atoms with E-state index in [0.29, 0.717) is 18.4 Å². The van der Waals surface area contributed by atoms with Crippen LogP contribution in [0.5, 0.6) is 5.88 Å². The SMILES string of the molecule is Cn1c(Nc2cc(CNC(=O)C3(C#N)CC3)ccc2C(F)(F)F)nc2cc(C(=O)NC3CCCCC3)c(OCC(F)F)nc21. The van der Waals surface area contributed by atoms with E-state index in [1.807, 2.05) is 6.07 Å². The summed E-state index contributed by atoms with van der Waals surface area (Å²) in [7, 11) is 1.46. The number of carbonyl (C=O) groups excluding carboxylic acids is 2. The van der Waals surface area contributed by atoms with Gasteiger partial charge in [-0.15, -0.1) is 0 Å². The number of carbonyl (C=O) groups is 2. The lowest BCUT2D eigenvalue weighted by Crippen LogP contribution is -2.36. The molecule has 1 aromatic carbocycles. The van der Waals surface area contributed by atoms with Gasteiger partial charge in [-0.25, -0.2) is 13.8 Å². The number of nitrogens with one attached hydrogen (secondary N) is 3. The summed E-state index contributed by atoms with van der Waals surface area (Å²) in [6.45, 7) is -1.12.